The van der Waals surface area contributed by atoms with Crippen LogP contribution in [0, 0.1) is 0 Å². The van der Waals surface area contributed by atoms with Crippen molar-refractivity contribution in [2.45, 2.75) is 45.6 Å². The molecular formula is C29H39N5O8. The number of primary amides is 1. The lowest BCUT2D eigenvalue weighted by Gasteiger charge is -2.36. The number of esters is 1. The summed E-state index contributed by atoms with van der Waals surface area (Å²) < 4.78 is 16.1. The number of hydrogen-bond donors (Lipinski definition) is 1. The third-order valence-corrected chi connectivity index (χ3v) is 6.67. The van der Waals surface area contributed by atoms with Gasteiger partial charge in [-0.05, 0) is 39.8 Å². The molecule has 0 spiro atoms. The van der Waals surface area contributed by atoms with Gasteiger partial charge in [-0.15, -0.1) is 0 Å². The summed E-state index contributed by atoms with van der Waals surface area (Å²) in [4.78, 5) is 73.5. The van der Waals surface area contributed by atoms with Crippen LogP contribution in [0.25, 0.3) is 10.9 Å². The number of aromatic nitrogens is 1. The Morgan fingerprint density at radius 1 is 1.05 bits per heavy atom. The van der Waals surface area contributed by atoms with Gasteiger partial charge >= 0.3 is 12.1 Å². The molecule has 0 radical (unpaired) electrons. The van der Waals surface area contributed by atoms with Crippen molar-refractivity contribution in [2.75, 3.05) is 53.5 Å². The van der Waals surface area contributed by atoms with E-state index in [-0.39, 0.29) is 56.3 Å². The lowest BCUT2D eigenvalue weighted by atomic mass is 9.89. The molecule has 1 unspecified atom stereocenters. The van der Waals surface area contributed by atoms with Crippen molar-refractivity contribution < 1.29 is 38.2 Å². The Hall–Kier alpha value is -4.42. The van der Waals surface area contributed by atoms with Gasteiger partial charge in [-0.25, -0.2) is 9.78 Å². The first-order valence-electron chi connectivity index (χ1n) is 13.7. The number of pyridine rings is 1. The van der Waals surface area contributed by atoms with Crippen LogP contribution >= 0.6 is 0 Å². The van der Waals surface area contributed by atoms with Crippen LogP contribution in [0.3, 0.4) is 0 Å². The van der Waals surface area contributed by atoms with Gasteiger partial charge in [-0.3, -0.25) is 19.2 Å². The minimum Gasteiger partial charge on any atom is -0.496 e. The highest BCUT2D eigenvalue weighted by Crippen LogP contribution is 2.38. The standard InChI is InChI=1S/C29H39N5O8/c1-7-41-28(39)34-14-12-33(13-15-34)27(38)19(16-21(35)32(5)17-22(36)42-29(2,3)4)23-24(26(30)37)31-20-11-9-8-10-18(20)25(23)40-6/h8-11,19H,7,12-17H2,1-6H3,(H2,30,37). The molecule has 1 aromatic heterocycles. The van der Waals surface area contributed by atoms with Crippen molar-refractivity contribution >= 4 is 40.7 Å². The Balaban J connectivity index is 2.02. The number of hydrogen-bond acceptors (Lipinski definition) is 9. The van der Waals surface area contributed by atoms with E-state index in [1.54, 1.807) is 52.0 Å². The largest absolute Gasteiger partial charge is 0.496 e. The van der Waals surface area contributed by atoms with E-state index in [0.717, 1.165) is 4.90 Å². The fraction of sp³-hybridized carbons (Fsp3) is 0.517. The number of fused-ring (bicyclic) bond motifs is 1. The molecule has 0 bridgehead atoms. The number of piperazine rings is 1. The fourth-order valence-electron chi connectivity index (χ4n) is 4.77. The molecule has 1 aromatic carbocycles. The molecular weight excluding hydrogens is 546 g/mol. The van der Waals surface area contributed by atoms with Crippen molar-refractivity contribution in [1.29, 1.82) is 0 Å². The van der Waals surface area contributed by atoms with Gasteiger partial charge in [0.1, 0.15) is 23.6 Å². The molecule has 1 aliphatic rings. The highest BCUT2D eigenvalue weighted by molar-refractivity contribution is 6.02. The minimum absolute atomic E-state index is 0.0838. The number of nitrogens with zero attached hydrogens (tertiary/aromatic N) is 4. The van der Waals surface area contributed by atoms with E-state index in [0.29, 0.717) is 10.9 Å². The first-order chi connectivity index (χ1) is 19.8. The van der Waals surface area contributed by atoms with Gasteiger partial charge in [-0.1, -0.05) is 12.1 Å². The van der Waals surface area contributed by atoms with E-state index in [4.69, 9.17) is 19.9 Å². The number of rotatable bonds is 9. The second-order valence-electron chi connectivity index (χ2n) is 10.9. The van der Waals surface area contributed by atoms with E-state index < -0.39 is 47.7 Å². The van der Waals surface area contributed by atoms with Gasteiger partial charge in [-0.2, -0.15) is 0 Å². The van der Waals surface area contributed by atoms with Crippen molar-refractivity contribution in [3.8, 4) is 5.75 Å². The molecule has 1 aliphatic heterocycles. The summed E-state index contributed by atoms with van der Waals surface area (Å²) in [5, 5.41) is 0.527. The quantitative estimate of drug-likeness (QED) is 0.433. The smallest absolute Gasteiger partial charge is 0.409 e. The second-order valence-corrected chi connectivity index (χ2v) is 10.9. The Labute approximate surface area is 244 Å². The normalized spacial score (nSPS) is 14.2. The molecule has 13 heteroatoms. The SMILES string of the molecule is CCOC(=O)N1CCN(C(=O)C(CC(=O)N(C)CC(=O)OC(C)(C)C)c2c(C(N)=O)nc3ccccc3c2OC)CC1. The number of ether oxygens (including phenoxy) is 3. The topological polar surface area (TPSA) is 162 Å². The summed E-state index contributed by atoms with van der Waals surface area (Å²) in [6, 6.07) is 6.90. The molecule has 1 atom stereocenters. The molecule has 0 saturated carbocycles. The zero-order chi connectivity index (χ0) is 31.2. The highest BCUT2D eigenvalue weighted by atomic mass is 16.6. The second kappa shape index (κ2) is 13.5. The first-order valence-corrected chi connectivity index (χ1v) is 13.7. The van der Waals surface area contributed by atoms with Crippen LogP contribution in [0.1, 0.15) is 56.1 Å². The summed E-state index contributed by atoms with van der Waals surface area (Å²) in [5.41, 5.74) is 5.31. The number of para-hydroxylation sites is 1. The number of benzene rings is 1. The van der Waals surface area contributed by atoms with Gasteiger partial charge in [0, 0.05) is 50.6 Å². The Morgan fingerprint density at radius 2 is 1.67 bits per heavy atom. The van der Waals surface area contributed by atoms with E-state index in [1.165, 1.54) is 24.0 Å². The fourth-order valence-corrected chi connectivity index (χ4v) is 4.77. The predicted octanol–water partition coefficient (Wildman–Crippen LogP) is 1.92. The van der Waals surface area contributed by atoms with Crippen LogP contribution in [0.4, 0.5) is 4.79 Å². The minimum atomic E-state index is -1.23. The van der Waals surface area contributed by atoms with Crippen LogP contribution in [0.2, 0.25) is 0 Å². The average molecular weight is 586 g/mol. The number of likely N-dealkylation sites (N-methyl/N-ethyl adjacent to an activating group) is 1. The van der Waals surface area contributed by atoms with Gasteiger partial charge < -0.3 is 34.6 Å². The summed E-state index contributed by atoms with van der Waals surface area (Å²) in [5.74, 6) is -3.57. The van der Waals surface area contributed by atoms with E-state index in [2.05, 4.69) is 4.98 Å². The number of carbonyl (C=O) groups is 5. The van der Waals surface area contributed by atoms with Crippen molar-refractivity contribution in [2.24, 2.45) is 5.73 Å². The first kappa shape index (κ1) is 32.1. The number of amides is 4. The molecule has 3 rings (SSSR count). The zero-order valence-corrected chi connectivity index (χ0v) is 25.0. The monoisotopic (exact) mass is 585 g/mol. The van der Waals surface area contributed by atoms with Crippen molar-refractivity contribution in [1.82, 2.24) is 19.7 Å². The zero-order valence-electron chi connectivity index (χ0n) is 25.0. The number of nitrogens with two attached hydrogens (primary N) is 1. The molecule has 4 amide bonds. The van der Waals surface area contributed by atoms with Gasteiger partial charge in [0.15, 0.2) is 0 Å². The van der Waals surface area contributed by atoms with Gasteiger partial charge in [0.2, 0.25) is 11.8 Å². The highest BCUT2D eigenvalue weighted by Gasteiger charge is 2.37. The maximum Gasteiger partial charge on any atom is 0.409 e. The number of methoxy groups -OCH3 is 1. The van der Waals surface area contributed by atoms with Crippen molar-refractivity contribution in [3.63, 3.8) is 0 Å². The molecule has 228 valence electrons. The van der Waals surface area contributed by atoms with E-state index in [9.17, 15) is 24.0 Å². The van der Waals surface area contributed by atoms with Crippen LogP contribution in [0.15, 0.2) is 24.3 Å². The van der Waals surface area contributed by atoms with E-state index >= 15 is 0 Å². The maximum atomic E-state index is 14.1. The lowest BCUT2D eigenvalue weighted by molar-refractivity contribution is -0.158. The van der Waals surface area contributed by atoms with Crippen LogP contribution < -0.4 is 10.5 Å². The summed E-state index contributed by atoms with van der Waals surface area (Å²) in [6.07, 6.45) is -0.885. The molecule has 42 heavy (non-hydrogen) atoms. The molecule has 2 aromatic rings. The maximum absolute atomic E-state index is 14.1. The third kappa shape index (κ3) is 7.65. The summed E-state index contributed by atoms with van der Waals surface area (Å²) in [6.45, 7) is 7.53. The molecule has 1 saturated heterocycles. The van der Waals surface area contributed by atoms with Crippen molar-refractivity contribution in [3.05, 3.63) is 35.5 Å². The lowest BCUT2D eigenvalue weighted by Crippen LogP contribution is -2.52. The van der Waals surface area contributed by atoms with Crippen LogP contribution in [0.5, 0.6) is 5.75 Å². The van der Waals surface area contributed by atoms with Gasteiger partial charge in [0.25, 0.3) is 5.91 Å². The molecule has 2 N–H and O–H groups in total. The molecule has 1 fully saturated rings. The van der Waals surface area contributed by atoms with Gasteiger partial charge in [0.05, 0.1) is 25.2 Å². The molecule has 0 aliphatic carbocycles. The summed E-state index contributed by atoms with van der Waals surface area (Å²) in [7, 11) is 2.82. The van der Waals surface area contributed by atoms with Crippen LogP contribution in [-0.2, 0) is 23.9 Å². The number of carbonyl (C=O) groups excluding carboxylic acids is 5. The molecule has 13 nitrogen and oxygen atoms in total. The third-order valence-electron chi connectivity index (χ3n) is 6.67. The molecule has 2 heterocycles. The van der Waals surface area contributed by atoms with Crippen LogP contribution in [-0.4, -0.2) is 109 Å². The van der Waals surface area contributed by atoms with E-state index in [1.807, 2.05) is 0 Å². The average Bonchev–Trinajstić information content (AvgIpc) is 2.93. The predicted molar refractivity (Wildman–Crippen MR) is 153 cm³/mol. The Kier molecular flexibility index (Phi) is 10.3. The Bertz CT molecular complexity index is 1350. The summed E-state index contributed by atoms with van der Waals surface area (Å²) >= 11 is 0. The Morgan fingerprint density at radius 3 is 2.24 bits per heavy atom.